The van der Waals surface area contributed by atoms with Gasteiger partial charge in [0, 0.05) is 40.3 Å². The van der Waals surface area contributed by atoms with Crippen LogP contribution in [0.25, 0.3) is 0 Å². The van der Waals surface area contributed by atoms with Crippen molar-refractivity contribution in [2.45, 2.75) is 32.5 Å². The quantitative estimate of drug-likeness (QED) is 0.354. The lowest BCUT2D eigenvalue weighted by Crippen LogP contribution is -2.41. The van der Waals surface area contributed by atoms with Gasteiger partial charge < -0.3 is 10.2 Å². The molecule has 0 fully saturated rings. The van der Waals surface area contributed by atoms with E-state index in [1.54, 1.807) is 18.1 Å². The summed E-state index contributed by atoms with van der Waals surface area (Å²) in [5.41, 5.74) is 1.34. The number of aromatic nitrogens is 3. The zero-order chi connectivity index (χ0) is 18.9. The fourth-order valence-electron chi connectivity index (χ4n) is 2.78. The summed E-state index contributed by atoms with van der Waals surface area (Å²) in [4.78, 5) is 13.1. The van der Waals surface area contributed by atoms with Gasteiger partial charge in [-0.2, -0.15) is 5.10 Å². The molecule has 0 aliphatic heterocycles. The molecular weight excluding hydrogens is 453 g/mol. The number of nitrogens with one attached hydrogen (secondary N) is 1. The van der Waals surface area contributed by atoms with Crippen molar-refractivity contribution in [1.82, 2.24) is 29.9 Å². The number of benzene rings is 1. The van der Waals surface area contributed by atoms with Crippen LogP contribution in [0, 0.1) is 0 Å². The second-order valence-electron chi connectivity index (χ2n) is 6.67. The Morgan fingerprint density at radius 3 is 2.52 bits per heavy atom. The van der Waals surface area contributed by atoms with Crippen molar-refractivity contribution in [1.29, 1.82) is 0 Å². The minimum Gasteiger partial charge on any atom is -0.356 e. The molecule has 0 spiro atoms. The summed E-state index contributed by atoms with van der Waals surface area (Å²) in [7, 11) is 7.89. The van der Waals surface area contributed by atoms with Crippen LogP contribution in [-0.4, -0.2) is 64.3 Å². The van der Waals surface area contributed by atoms with Crippen LogP contribution in [0.2, 0.25) is 0 Å². The summed E-state index contributed by atoms with van der Waals surface area (Å²) in [6, 6.07) is 11.1. The maximum Gasteiger partial charge on any atom is 0.193 e. The molecule has 0 aliphatic rings. The maximum atomic E-state index is 4.37. The number of aliphatic imine (C=N–C) groups is 1. The fourth-order valence-corrected chi connectivity index (χ4v) is 2.78. The summed E-state index contributed by atoms with van der Waals surface area (Å²) in [5, 5.41) is 7.55. The predicted octanol–water partition coefficient (Wildman–Crippen LogP) is 2.35. The molecule has 0 aliphatic carbocycles. The third-order valence-corrected chi connectivity index (χ3v) is 4.63. The molecule has 2 rings (SSSR count). The maximum absolute atomic E-state index is 4.37. The third kappa shape index (κ3) is 7.45. The number of hydrogen-bond donors (Lipinski definition) is 1. The lowest BCUT2D eigenvalue weighted by Gasteiger charge is -2.26. The number of guanidine groups is 1. The van der Waals surface area contributed by atoms with Crippen molar-refractivity contribution in [3.8, 4) is 0 Å². The highest BCUT2D eigenvalue weighted by Crippen LogP contribution is 2.08. The standard InChI is InChI=1S/C19H31N7.HI/c1-16(24(3)13-17-9-7-6-8-10-17)11-12-21-19(20-2)25(4)14-18-22-15-23-26(18)5;/h6-10,15-16H,11-14H2,1-5H3,(H,20,21);1H. The number of aryl methyl sites for hydroxylation is 1. The van der Waals surface area contributed by atoms with E-state index in [1.165, 1.54) is 5.56 Å². The predicted molar refractivity (Wildman–Crippen MR) is 121 cm³/mol. The van der Waals surface area contributed by atoms with Crippen LogP contribution in [0.15, 0.2) is 41.7 Å². The number of hydrogen-bond acceptors (Lipinski definition) is 4. The van der Waals surface area contributed by atoms with E-state index in [0.717, 1.165) is 31.3 Å². The van der Waals surface area contributed by atoms with Gasteiger partial charge in [-0.1, -0.05) is 30.3 Å². The van der Waals surface area contributed by atoms with Gasteiger partial charge in [0.15, 0.2) is 5.96 Å². The highest BCUT2D eigenvalue weighted by molar-refractivity contribution is 14.0. The van der Waals surface area contributed by atoms with Gasteiger partial charge >= 0.3 is 0 Å². The smallest absolute Gasteiger partial charge is 0.193 e. The van der Waals surface area contributed by atoms with E-state index in [1.807, 2.05) is 14.1 Å². The molecule has 7 nitrogen and oxygen atoms in total. The molecule has 1 heterocycles. The van der Waals surface area contributed by atoms with Crippen molar-refractivity contribution >= 4 is 29.9 Å². The SMILES string of the molecule is CN=C(NCCC(C)N(C)Cc1ccccc1)N(C)Cc1ncnn1C.I. The topological polar surface area (TPSA) is 61.6 Å². The summed E-state index contributed by atoms with van der Waals surface area (Å²) in [6.07, 6.45) is 2.61. The molecule has 27 heavy (non-hydrogen) atoms. The molecule has 1 unspecified atom stereocenters. The van der Waals surface area contributed by atoms with E-state index in [0.29, 0.717) is 12.6 Å². The Morgan fingerprint density at radius 1 is 1.22 bits per heavy atom. The van der Waals surface area contributed by atoms with Crippen LogP contribution in [0.4, 0.5) is 0 Å². The molecule has 1 aromatic carbocycles. The lowest BCUT2D eigenvalue weighted by molar-refractivity contribution is 0.238. The molecule has 0 amide bonds. The van der Waals surface area contributed by atoms with E-state index in [2.05, 4.69) is 74.5 Å². The molecular formula is C19H32IN7. The highest BCUT2D eigenvalue weighted by Gasteiger charge is 2.12. The molecule has 2 aromatic rings. The van der Waals surface area contributed by atoms with Crippen molar-refractivity contribution in [2.75, 3.05) is 27.7 Å². The first-order valence-corrected chi connectivity index (χ1v) is 9.00. The average Bonchev–Trinajstić information content (AvgIpc) is 3.04. The zero-order valence-corrected chi connectivity index (χ0v) is 19.3. The Hall–Kier alpha value is -1.68. The monoisotopic (exact) mass is 485 g/mol. The van der Waals surface area contributed by atoms with Gasteiger partial charge in [-0.15, -0.1) is 24.0 Å². The van der Waals surface area contributed by atoms with Gasteiger partial charge in [0.1, 0.15) is 12.2 Å². The Kier molecular flexibility index (Phi) is 10.3. The highest BCUT2D eigenvalue weighted by atomic mass is 127. The first-order valence-electron chi connectivity index (χ1n) is 9.00. The molecule has 8 heteroatoms. The minimum atomic E-state index is 0. The van der Waals surface area contributed by atoms with E-state index >= 15 is 0 Å². The summed E-state index contributed by atoms with van der Waals surface area (Å²) in [5.74, 6) is 1.78. The number of halogens is 1. The molecule has 1 atom stereocenters. The molecule has 1 aromatic heterocycles. The Labute approximate surface area is 179 Å². The van der Waals surface area contributed by atoms with Crippen LogP contribution < -0.4 is 5.32 Å². The van der Waals surface area contributed by atoms with E-state index in [9.17, 15) is 0 Å². The van der Waals surface area contributed by atoms with Gasteiger partial charge in [-0.05, 0) is 26.0 Å². The Bertz CT molecular complexity index is 686. The molecule has 0 radical (unpaired) electrons. The molecule has 0 bridgehead atoms. The van der Waals surface area contributed by atoms with Gasteiger partial charge in [-0.3, -0.25) is 14.6 Å². The largest absolute Gasteiger partial charge is 0.356 e. The number of nitrogens with zero attached hydrogens (tertiary/aromatic N) is 6. The van der Waals surface area contributed by atoms with Crippen LogP contribution in [0.5, 0.6) is 0 Å². The van der Waals surface area contributed by atoms with Gasteiger partial charge in [0.25, 0.3) is 0 Å². The van der Waals surface area contributed by atoms with Crippen LogP contribution in [-0.2, 0) is 20.1 Å². The Morgan fingerprint density at radius 2 is 1.93 bits per heavy atom. The third-order valence-electron chi connectivity index (χ3n) is 4.63. The van der Waals surface area contributed by atoms with E-state index in [4.69, 9.17) is 0 Å². The minimum absolute atomic E-state index is 0. The molecule has 0 saturated heterocycles. The molecule has 1 N–H and O–H groups in total. The van der Waals surface area contributed by atoms with E-state index < -0.39 is 0 Å². The van der Waals surface area contributed by atoms with Gasteiger partial charge in [-0.25, -0.2) is 4.98 Å². The molecule has 150 valence electrons. The summed E-state index contributed by atoms with van der Waals surface area (Å²) >= 11 is 0. The first kappa shape index (κ1) is 23.4. The van der Waals surface area contributed by atoms with Crippen molar-refractivity contribution in [3.05, 3.63) is 48.0 Å². The first-order chi connectivity index (χ1) is 12.5. The van der Waals surface area contributed by atoms with Crippen molar-refractivity contribution < 1.29 is 0 Å². The van der Waals surface area contributed by atoms with Crippen LogP contribution >= 0.6 is 24.0 Å². The van der Waals surface area contributed by atoms with Crippen molar-refractivity contribution in [2.24, 2.45) is 12.0 Å². The van der Waals surface area contributed by atoms with E-state index in [-0.39, 0.29) is 24.0 Å². The van der Waals surface area contributed by atoms with Crippen LogP contribution in [0.3, 0.4) is 0 Å². The summed E-state index contributed by atoms with van der Waals surface area (Å²) < 4.78 is 1.78. The normalized spacial score (nSPS) is 12.6. The second kappa shape index (κ2) is 11.9. The zero-order valence-electron chi connectivity index (χ0n) is 17.0. The van der Waals surface area contributed by atoms with Crippen LogP contribution in [0.1, 0.15) is 24.7 Å². The number of rotatable bonds is 8. The van der Waals surface area contributed by atoms with Gasteiger partial charge in [0.2, 0.25) is 0 Å². The fraction of sp³-hybridized carbons (Fsp3) is 0.526. The lowest BCUT2D eigenvalue weighted by atomic mass is 10.1. The van der Waals surface area contributed by atoms with Crippen molar-refractivity contribution in [3.63, 3.8) is 0 Å². The molecule has 0 saturated carbocycles. The van der Waals surface area contributed by atoms with Gasteiger partial charge in [0.05, 0.1) is 6.54 Å². The Balaban J connectivity index is 0.00000364. The second-order valence-corrected chi connectivity index (χ2v) is 6.67. The average molecular weight is 485 g/mol. The summed E-state index contributed by atoms with van der Waals surface area (Å²) in [6.45, 7) is 4.76.